The van der Waals surface area contributed by atoms with E-state index >= 15 is 0 Å². The Balaban J connectivity index is 0.000000479. The van der Waals surface area contributed by atoms with E-state index in [1.165, 1.54) is 4.90 Å². The van der Waals surface area contributed by atoms with Crippen molar-refractivity contribution in [2.75, 3.05) is 5.32 Å². The molecule has 1 saturated heterocycles. The average Bonchev–Trinajstić information content (AvgIpc) is 3.21. The van der Waals surface area contributed by atoms with Crippen LogP contribution in [-0.2, 0) is 55.4 Å². The minimum Gasteiger partial charge on any atom is -0.391 e. The number of urea groups is 1. The van der Waals surface area contributed by atoms with Crippen molar-refractivity contribution < 1.29 is 51.9 Å². The number of hydrogen-bond donors (Lipinski definition) is 3. The summed E-state index contributed by atoms with van der Waals surface area (Å²) in [7, 11) is 0. The minimum absolute atomic E-state index is 0. The molecule has 1 fully saturated rings. The zero-order chi connectivity index (χ0) is 25.5. The Bertz CT molecular complexity index is 1240. The third-order valence-corrected chi connectivity index (χ3v) is 5.77. The second kappa shape index (κ2) is 13.1. The molecule has 1 aromatic heterocycles. The van der Waals surface area contributed by atoms with E-state index in [1.54, 1.807) is 60.9 Å². The van der Waals surface area contributed by atoms with E-state index in [1.807, 2.05) is 6.07 Å². The molecule has 5 rings (SSSR count). The number of nitrogens with one attached hydrogen (secondary N) is 3. The van der Waals surface area contributed by atoms with Crippen LogP contribution < -0.4 is 16.0 Å². The number of anilines is 1. The van der Waals surface area contributed by atoms with Crippen molar-refractivity contribution in [2.45, 2.75) is 32.0 Å². The fraction of sp³-hybridized carbons (Fsp3) is 0.185. The standard InChI is InChI=1S/C22H21N4O4.C5H4N.Y/c1-13-2-5-16(6-3-13)24-22(30)23-11-14-4-7-17-15(10-14)12-26(21(17)29)18-8-9-19(27)25-20(18)28;1-2-4-6-5-3-1;/h2-7,10,18H,1,8-9,11-12H2,(H2,23,24,30)(H,25,27,28);2-5H;/q2*-1;. The monoisotopic (exact) mass is 572 g/mol. The van der Waals surface area contributed by atoms with Crippen LogP contribution in [0.25, 0.3) is 0 Å². The van der Waals surface area contributed by atoms with Gasteiger partial charge in [-0.15, -0.1) is 0 Å². The second-order valence-electron chi connectivity index (χ2n) is 8.34. The van der Waals surface area contributed by atoms with E-state index in [4.69, 9.17) is 0 Å². The first-order chi connectivity index (χ1) is 17.4. The Labute approximate surface area is 240 Å². The first-order valence-electron chi connectivity index (χ1n) is 11.4. The van der Waals surface area contributed by atoms with E-state index in [2.05, 4.69) is 33.9 Å². The van der Waals surface area contributed by atoms with Gasteiger partial charge in [0, 0.05) is 63.5 Å². The molecule has 2 aliphatic rings. The first kappa shape index (κ1) is 28.0. The summed E-state index contributed by atoms with van der Waals surface area (Å²) in [6.07, 6.45) is 3.94. The van der Waals surface area contributed by atoms with Gasteiger partial charge in [0.25, 0.3) is 5.91 Å². The first-order valence-corrected chi connectivity index (χ1v) is 11.4. The molecule has 0 saturated carbocycles. The van der Waals surface area contributed by atoms with Crippen LogP contribution in [0, 0.1) is 13.0 Å². The molecule has 0 spiro atoms. The van der Waals surface area contributed by atoms with Crippen LogP contribution >= 0.6 is 0 Å². The van der Waals surface area contributed by atoms with Crippen LogP contribution in [0.4, 0.5) is 10.5 Å². The fourth-order valence-corrected chi connectivity index (χ4v) is 3.96. The van der Waals surface area contributed by atoms with Gasteiger partial charge in [0.2, 0.25) is 11.8 Å². The molecule has 1 atom stereocenters. The van der Waals surface area contributed by atoms with Gasteiger partial charge >= 0.3 is 6.03 Å². The van der Waals surface area contributed by atoms with Crippen LogP contribution in [0.15, 0.2) is 67.0 Å². The van der Waals surface area contributed by atoms with Crippen molar-refractivity contribution in [1.82, 2.24) is 20.5 Å². The number of fused-ring (bicyclic) bond motifs is 1. The Morgan fingerprint density at radius 1 is 1.11 bits per heavy atom. The van der Waals surface area contributed by atoms with Gasteiger partial charge in [-0.1, -0.05) is 36.7 Å². The SMILES string of the molecule is [CH2-]c1ccc(NC(=O)NCc2ccc3c(c2)CN(C2CCC(=O)NC2=O)C3=O)cc1.[Y].[c-]1ccncc1. The Hall–Kier alpha value is -3.56. The smallest absolute Gasteiger partial charge is 0.319 e. The zero-order valence-electron chi connectivity index (χ0n) is 20.1. The van der Waals surface area contributed by atoms with Crippen LogP contribution in [0.2, 0.25) is 0 Å². The second-order valence-corrected chi connectivity index (χ2v) is 8.34. The number of carbonyl (C=O) groups excluding carboxylic acids is 4. The van der Waals surface area contributed by atoms with Gasteiger partial charge in [0.1, 0.15) is 6.04 Å². The molecule has 37 heavy (non-hydrogen) atoms. The molecule has 2 aromatic carbocycles. The molecule has 9 nitrogen and oxygen atoms in total. The maximum Gasteiger partial charge on any atom is 0.319 e. The molecule has 3 heterocycles. The maximum absolute atomic E-state index is 12.7. The van der Waals surface area contributed by atoms with Crippen LogP contribution in [-0.4, -0.2) is 39.7 Å². The van der Waals surface area contributed by atoms with Crippen LogP contribution in [0.5, 0.6) is 0 Å². The molecule has 0 bridgehead atoms. The average molecular weight is 572 g/mol. The Morgan fingerprint density at radius 3 is 2.46 bits per heavy atom. The molecule has 187 valence electrons. The summed E-state index contributed by atoms with van der Waals surface area (Å²) >= 11 is 0. The largest absolute Gasteiger partial charge is 0.391 e. The van der Waals surface area contributed by atoms with Crippen molar-refractivity contribution in [3.63, 3.8) is 0 Å². The van der Waals surface area contributed by atoms with Crippen molar-refractivity contribution in [3.05, 3.63) is 102 Å². The molecule has 5 amide bonds. The van der Waals surface area contributed by atoms with E-state index in [9.17, 15) is 19.2 Å². The van der Waals surface area contributed by atoms with Gasteiger partial charge < -0.3 is 20.5 Å². The number of benzene rings is 2. The number of nitrogens with zero attached hydrogens (tertiary/aromatic N) is 2. The number of rotatable bonds is 4. The van der Waals surface area contributed by atoms with E-state index in [0.29, 0.717) is 30.8 Å². The summed E-state index contributed by atoms with van der Waals surface area (Å²) in [5.41, 5.74) is 3.71. The summed E-state index contributed by atoms with van der Waals surface area (Å²) in [5, 5.41) is 7.82. The third kappa shape index (κ3) is 7.47. The summed E-state index contributed by atoms with van der Waals surface area (Å²) in [6.45, 7) is 4.39. The zero-order valence-corrected chi connectivity index (χ0v) is 22.9. The predicted molar refractivity (Wildman–Crippen MR) is 132 cm³/mol. The molecular formula is C27H25N5O4Y-2. The normalized spacial score (nSPS) is 15.9. The van der Waals surface area contributed by atoms with E-state index < -0.39 is 11.9 Å². The van der Waals surface area contributed by atoms with E-state index in [-0.39, 0.29) is 57.0 Å². The van der Waals surface area contributed by atoms with Gasteiger partial charge in [-0.3, -0.25) is 19.7 Å². The number of hydrogen-bond acceptors (Lipinski definition) is 5. The number of imide groups is 1. The predicted octanol–water partition coefficient (Wildman–Crippen LogP) is 2.83. The van der Waals surface area contributed by atoms with Crippen molar-refractivity contribution in [2.24, 2.45) is 0 Å². The molecule has 1 unspecified atom stereocenters. The van der Waals surface area contributed by atoms with Crippen molar-refractivity contribution in [1.29, 1.82) is 0 Å². The molecule has 1 radical (unpaired) electrons. The quantitative estimate of drug-likeness (QED) is 0.328. The Morgan fingerprint density at radius 2 is 1.84 bits per heavy atom. The topological polar surface area (TPSA) is 120 Å². The van der Waals surface area contributed by atoms with Gasteiger partial charge in [-0.2, -0.15) is 42.8 Å². The maximum atomic E-state index is 12.7. The van der Waals surface area contributed by atoms with Gasteiger partial charge in [-0.05, 0) is 23.6 Å². The summed E-state index contributed by atoms with van der Waals surface area (Å²) < 4.78 is 0. The number of pyridine rings is 1. The third-order valence-electron chi connectivity index (χ3n) is 5.77. The minimum atomic E-state index is -0.639. The van der Waals surface area contributed by atoms with Gasteiger partial charge in [0.15, 0.2) is 0 Å². The molecule has 10 heteroatoms. The van der Waals surface area contributed by atoms with Crippen molar-refractivity contribution >= 4 is 29.4 Å². The fourth-order valence-electron chi connectivity index (χ4n) is 3.96. The van der Waals surface area contributed by atoms with Crippen molar-refractivity contribution in [3.8, 4) is 0 Å². The molecule has 3 N–H and O–H groups in total. The summed E-state index contributed by atoms with van der Waals surface area (Å²) in [5.74, 6) is -0.960. The summed E-state index contributed by atoms with van der Waals surface area (Å²) in [4.78, 5) is 53.5. The van der Waals surface area contributed by atoms with Gasteiger partial charge in [0.05, 0.1) is 0 Å². The molecular weight excluding hydrogens is 547 g/mol. The number of amides is 5. The van der Waals surface area contributed by atoms with Crippen LogP contribution in [0.3, 0.4) is 0 Å². The molecule has 0 aliphatic carbocycles. The molecule has 3 aromatic rings. The van der Waals surface area contributed by atoms with E-state index in [0.717, 1.165) is 16.7 Å². The van der Waals surface area contributed by atoms with Crippen LogP contribution in [0.1, 0.15) is 39.9 Å². The molecule has 2 aliphatic heterocycles. The number of piperidine rings is 1. The number of carbonyl (C=O) groups is 4. The Kier molecular flexibility index (Phi) is 9.94. The van der Waals surface area contributed by atoms with Gasteiger partial charge in [-0.25, -0.2) is 4.79 Å². The summed E-state index contributed by atoms with van der Waals surface area (Å²) in [6, 6.07) is 17.9. The number of aromatic nitrogens is 1.